The summed E-state index contributed by atoms with van der Waals surface area (Å²) in [5.74, 6) is 1.21. The molecule has 0 saturated carbocycles. The Morgan fingerprint density at radius 2 is 0.775 bits per heavy atom. The minimum absolute atomic E-state index is 0.0450. The molecule has 0 bridgehead atoms. The van der Waals surface area contributed by atoms with Crippen molar-refractivity contribution in [1.29, 1.82) is 0 Å². The van der Waals surface area contributed by atoms with Gasteiger partial charge in [0.15, 0.2) is 0 Å². The average molecular weight is 565 g/mol. The molecule has 0 unspecified atom stereocenters. The van der Waals surface area contributed by atoms with Crippen molar-refractivity contribution in [3.63, 3.8) is 0 Å². The van der Waals surface area contributed by atoms with E-state index >= 15 is 0 Å². The smallest absolute Gasteiger partial charge is 0.132 e. The summed E-state index contributed by atoms with van der Waals surface area (Å²) < 4.78 is 0. The van der Waals surface area contributed by atoms with Gasteiger partial charge in [-0.05, 0) is 31.6 Å². The van der Waals surface area contributed by atoms with Gasteiger partial charge >= 0.3 is 0 Å². The van der Waals surface area contributed by atoms with Crippen LogP contribution in [-0.2, 0) is 4.79 Å². The first kappa shape index (κ1) is 39.6. The molecule has 0 fully saturated rings. The van der Waals surface area contributed by atoms with Crippen LogP contribution in [0.1, 0.15) is 226 Å². The molecule has 0 radical (unpaired) electrons. The number of carbonyl (C=O) groups is 1. The Morgan fingerprint density at radius 1 is 0.425 bits per heavy atom. The predicted octanol–water partition coefficient (Wildman–Crippen LogP) is 13.1. The number of aliphatic hydroxyl groups is 1. The lowest BCUT2D eigenvalue weighted by Gasteiger charge is -2.10. The second-order valence-corrected chi connectivity index (χ2v) is 13.4. The van der Waals surface area contributed by atoms with Gasteiger partial charge in [0.2, 0.25) is 0 Å². The maximum Gasteiger partial charge on any atom is 0.132 e. The summed E-state index contributed by atoms with van der Waals surface area (Å²) in [5.41, 5.74) is 0. The van der Waals surface area contributed by atoms with E-state index in [1.165, 1.54) is 154 Å². The summed E-state index contributed by atoms with van der Waals surface area (Å²) in [7, 11) is 0. The van der Waals surface area contributed by atoms with Crippen molar-refractivity contribution in [2.75, 3.05) is 0 Å². The average Bonchev–Trinajstić information content (AvgIpc) is 2.95. The minimum atomic E-state index is -0.0450. The molecule has 0 saturated heterocycles. The molecule has 0 aromatic heterocycles. The van der Waals surface area contributed by atoms with E-state index in [0.717, 1.165) is 57.3 Å². The van der Waals surface area contributed by atoms with Gasteiger partial charge < -0.3 is 5.11 Å². The molecule has 0 heterocycles. The number of rotatable bonds is 34. The third-order valence-electron chi connectivity index (χ3n) is 9.08. The van der Waals surface area contributed by atoms with E-state index in [-0.39, 0.29) is 6.10 Å². The Bertz CT molecular complexity index is 488. The first-order valence-electron chi connectivity index (χ1n) is 18.8. The highest BCUT2D eigenvalue weighted by molar-refractivity contribution is 5.78. The third-order valence-corrected chi connectivity index (χ3v) is 9.08. The van der Waals surface area contributed by atoms with Gasteiger partial charge in [-0.1, -0.05) is 188 Å². The Hall–Kier alpha value is -0.370. The van der Waals surface area contributed by atoms with Crippen LogP contribution in [0.2, 0.25) is 0 Å². The molecule has 0 rings (SSSR count). The van der Waals surface area contributed by atoms with E-state index < -0.39 is 0 Å². The van der Waals surface area contributed by atoms with E-state index in [0.29, 0.717) is 5.78 Å². The first-order chi connectivity index (χ1) is 19.6. The minimum Gasteiger partial charge on any atom is -0.393 e. The second-order valence-electron chi connectivity index (χ2n) is 13.4. The van der Waals surface area contributed by atoms with Crippen LogP contribution in [0.4, 0.5) is 0 Å². The molecule has 240 valence electrons. The number of carbonyl (C=O) groups excluding carboxylic acids is 1. The molecule has 2 heteroatoms. The highest BCUT2D eigenvalue weighted by Gasteiger charge is 2.07. The Labute approximate surface area is 253 Å². The summed E-state index contributed by atoms with van der Waals surface area (Å²) in [5, 5.41) is 9.76. The van der Waals surface area contributed by atoms with Gasteiger partial charge in [0.25, 0.3) is 0 Å². The van der Waals surface area contributed by atoms with Crippen LogP contribution in [0.3, 0.4) is 0 Å². The maximum atomic E-state index is 11.8. The zero-order valence-corrected chi connectivity index (χ0v) is 28.1. The van der Waals surface area contributed by atoms with Gasteiger partial charge in [0, 0.05) is 12.8 Å². The third kappa shape index (κ3) is 32.1. The van der Waals surface area contributed by atoms with Crippen LogP contribution in [0.25, 0.3) is 0 Å². The fourth-order valence-electron chi connectivity index (χ4n) is 6.11. The molecule has 0 aromatic carbocycles. The SMILES string of the molecule is CCCCC(=O)CC[C@H](C)CCCCCCCCCCCCCCCCCCCCCCCCC[C@H](O)CCC. The van der Waals surface area contributed by atoms with Crippen LogP contribution >= 0.6 is 0 Å². The molecular weight excluding hydrogens is 488 g/mol. The van der Waals surface area contributed by atoms with Crippen LogP contribution in [0.15, 0.2) is 0 Å². The number of Topliss-reactive ketones (excluding diaryl/α,β-unsaturated/α-hetero) is 1. The molecule has 2 nitrogen and oxygen atoms in total. The Kier molecular flexibility index (Phi) is 32.8. The molecule has 1 N–H and O–H groups in total. The molecule has 0 aromatic rings. The summed E-state index contributed by atoms with van der Waals surface area (Å²) in [6.45, 7) is 6.65. The molecule has 0 aliphatic carbocycles. The van der Waals surface area contributed by atoms with Gasteiger partial charge in [-0.15, -0.1) is 0 Å². The molecule has 0 amide bonds. The van der Waals surface area contributed by atoms with E-state index in [1.54, 1.807) is 0 Å². The highest BCUT2D eigenvalue weighted by atomic mass is 16.3. The van der Waals surface area contributed by atoms with E-state index in [9.17, 15) is 9.90 Å². The van der Waals surface area contributed by atoms with Crippen molar-refractivity contribution in [2.45, 2.75) is 232 Å². The second kappa shape index (κ2) is 33.1. The fraction of sp³-hybridized carbons (Fsp3) is 0.974. The van der Waals surface area contributed by atoms with E-state index in [4.69, 9.17) is 0 Å². The largest absolute Gasteiger partial charge is 0.393 e. The molecule has 0 aliphatic heterocycles. The summed E-state index contributed by atoms with van der Waals surface area (Å²) in [4.78, 5) is 11.8. The van der Waals surface area contributed by atoms with Crippen molar-refractivity contribution in [2.24, 2.45) is 5.92 Å². The van der Waals surface area contributed by atoms with E-state index in [1.807, 2.05) is 0 Å². The Balaban J connectivity index is 3.15. The van der Waals surface area contributed by atoms with Crippen LogP contribution in [0.5, 0.6) is 0 Å². The lowest BCUT2D eigenvalue weighted by Crippen LogP contribution is -2.04. The Morgan fingerprint density at radius 3 is 1.12 bits per heavy atom. The van der Waals surface area contributed by atoms with Crippen molar-refractivity contribution in [1.82, 2.24) is 0 Å². The summed E-state index contributed by atoms with van der Waals surface area (Å²) in [6.07, 6.45) is 41.9. The standard InChI is InChI=1S/C38H76O2/c1-4-6-32-38(40)35-34-36(3)31-28-26-24-22-20-18-16-14-12-10-8-7-9-11-13-15-17-19-21-23-25-27-29-33-37(39)30-5-2/h36-37,39H,4-35H2,1-3H3/t36-,37-/m1/s1. The zero-order chi connectivity index (χ0) is 29.4. The first-order valence-corrected chi connectivity index (χ1v) is 18.8. The molecule has 2 atom stereocenters. The van der Waals surface area contributed by atoms with Crippen LogP contribution < -0.4 is 0 Å². The topological polar surface area (TPSA) is 37.3 Å². The monoisotopic (exact) mass is 565 g/mol. The van der Waals surface area contributed by atoms with Crippen molar-refractivity contribution in [3.05, 3.63) is 0 Å². The highest BCUT2D eigenvalue weighted by Crippen LogP contribution is 2.19. The van der Waals surface area contributed by atoms with Gasteiger partial charge in [-0.2, -0.15) is 0 Å². The van der Waals surface area contributed by atoms with Crippen molar-refractivity contribution in [3.8, 4) is 0 Å². The quantitative estimate of drug-likeness (QED) is 0.0789. The van der Waals surface area contributed by atoms with Crippen molar-refractivity contribution < 1.29 is 9.90 Å². The van der Waals surface area contributed by atoms with Gasteiger partial charge in [0.05, 0.1) is 6.10 Å². The summed E-state index contributed by atoms with van der Waals surface area (Å²) in [6, 6.07) is 0. The van der Waals surface area contributed by atoms with Crippen LogP contribution in [-0.4, -0.2) is 17.0 Å². The molecule has 0 spiro atoms. The van der Waals surface area contributed by atoms with Gasteiger partial charge in [-0.3, -0.25) is 4.79 Å². The lowest BCUT2D eigenvalue weighted by molar-refractivity contribution is -0.119. The van der Waals surface area contributed by atoms with Gasteiger partial charge in [-0.25, -0.2) is 0 Å². The number of unbranched alkanes of at least 4 members (excludes halogenated alkanes) is 23. The summed E-state index contributed by atoms with van der Waals surface area (Å²) >= 11 is 0. The number of ketones is 1. The maximum absolute atomic E-state index is 11.8. The van der Waals surface area contributed by atoms with E-state index in [2.05, 4.69) is 20.8 Å². The van der Waals surface area contributed by atoms with Crippen molar-refractivity contribution >= 4 is 5.78 Å². The molecule has 40 heavy (non-hydrogen) atoms. The van der Waals surface area contributed by atoms with Gasteiger partial charge in [0.1, 0.15) is 5.78 Å². The molecular formula is C38H76O2. The lowest BCUT2D eigenvalue weighted by atomic mass is 9.95. The number of hydrogen-bond acceptors (Lipinski definition) is 2. The fourth-order valence-corrected chi connectivity index (χ4v) is 6.11. The van der Waals surface area contributed by atoms with Crippen LogP contribution in [0, 0.1) is 5.92 Å². The zero-order valence-electron chi connectivity index (χ0n) is 28.1. The number of aliphatic hydroxyl groups excluding tert-OH is 1. The number of hydrogen-bond donors (Lipinski definition) is 1. The molecule has 0 aliphatic rings. The predicted molar refractivity (Wildman–Crippen MR) is 179 cm³/mol. The normalized spacial score (nSPS) is 13.1.